The van der Waals surface area contributed by atoms with Crippen LogP contribution in [-0.2, 0) is 4.74 Å². The second-order valence-corrected chi connectivity index (χ2v) is 6.49. The summed E-state index contributed by atoms with van der Waals surface area (Å²) in [7, 11) is 0. The van der Waals surface area contributed by atoms with E-state index >= 15 is 0 Å². The second-order valence-electron chi connectivity index (χ2n) is 6.49. The van der Waals surface area contributed by atoms with Gasteiger partial charge in [-0.15, -0.1) is 0 Å². The molecule has 4 heteroatoms. The molecule has 0 spiro atoms. The van der Waals surface area contributed by atoms with E-state index in [1.54, 1.807) is 0 Å². The lowest BCUT2D eigenvalue weighted by Crippen LogP contribution is -2.38. The SMILES string of the molecule is O=C(O)N1CCCC1CO[C@H]1CC[C@@H](c2ccccc2)CC1. The number of benzene rings is 1. The molecule has 0 radical (unpaired) electrons. The van der Waals surface area contributed by atoms with Crippen molar-refractivity contribution in [2.75, 3.05) is 13.2 Å². The van der Waals surface area contributed by atoms with Crippen molar-refractivity contribution < 1.29 is 14.6 Å². The van der Waals surface area contributed by atoms with Crippen LogP contribution in [-0.4, -0.2) is 41.4 Å². The van der Waals surface area contributed by atoms with Crippen molar-refractivity contribution in [2.24, 2.45) is 0 Å². The average Bonchev–Trinajstić information content (AvgIpc) is 3.03. The lowest BCUT2D eigenvalue weighted by Gasteiger charge is -2.30. The molecule has 0 aromatic heterocycles. The fourth-order valence-electron chi connectivity index (χ4n) is 3.80. The van der Waals surface area contributed by atoms with Gasteiger partial charge in [-0.1, -0.05) is 30.3 Å². The maximum atomic E-state index is 11.1. The first kappa shape index (κ1) is 15.3. The monoisotopic (exact) mass is 303 g/mol. The molecule has 1 aromatic rings. The van der Waals surface area contributed by atoms with Gasteiger partial charge in [-0.2, -0.15) is 0 Å². The highest BCUT2D eigenvalue weighted by Gasteiger charge is 2.30. The molecule has 120 valence electrons. The highest BCUT2D eigenvalue weighted by atomic mass is 16.5. The van der Waals surface area contributed by atoms with Crippen molar-refractivity contribution in [1.29, 1.82) is 0 Å². The third-order valence-corrected chi connectivity index (χ3v) is 5.09. The second kappa shape index (κ2) is 7.14. The molecule has 0 bridgehead atoms. The Balaban J connectivity index is 1.43. The highest BCUT2D eigenvalue weighted by Crippen LogP contribution is 2.34. The van der Waals surface area contributed by atoms with E-state index in [4.69, 9.17) is 9.84 Å². The maximum absolute atomic E-state index is 11.1. The molecule has 1 saturated heterocycles. The van der Waals surface area contributed by atoms with Crippen LogP contribution in [0.1, 0.15) is 50.0 Å². The van der Waals surface area contributed by atoms with Gasteiger partial charge in [0.25, 0.3) is 0 Å². The Morgan fingerprint density at radius 1 is 1.14 bits per heavy atom. The van der Waals surface area contributed by atoms with E-state index in [0.717, 1.165) is 25.7 Å². The minimum atomic E-state index is -0.807. The predicted molar refractivity (Wildman–Crippen MR) is 85.1 cm³/mol. The van der Waals surface area contributed by atoms with Gasteiger partial charge < -0.3 is 14.7 Å². The van der Waals surface area contributed by atoms with Crippen LogP contribution < -0.4 is 0 Å². The van der Waals surface area contributed by atoms with Gasteiger partial charge in [0, 0.05) is 6.54 Å². The molecule has 2 fully saturated rings. The zero-order chi connectivity index (χ0) is 15.4. The molecule has 1 unspecified atom stereocenters. The number of nitrogens with zero attached hydrogens (tertiary/aromatic N) is 1. The maximum Gasteiger partial charge on any atom is 0.407 e. The number of ether oxygens (including phenoxy) is 1. The van der Waals surface area contributed by atoms with Gasteiger partial charge >= 0.3 is 6.09 Å². The fourth-order valence-corrected chi connectivity index (χ4v) is 3.80. The Bertz CT molecular complexity index is 482. The fraction of sp³-hybridized carbons (Fsp3) is 0.611. The summed E-state index contributed by atoms with van der Waals surface area (Å²) >= 11 is 0. The zero-order valence-electron chi connectivity index (χ0n) is 13.0. The van der Waals surface area contributed by atoms with E-state index in [1.807, 2.05) is 0 Å². The van der Waals surface area contributed by atoms with Crippen LogP contribution in [0.5, 0.6) is 0 Å². The lowest BCUT2D eigenvalue weighted by atomic mass is 9.83. The summed E-state index contributed by atoms with van der Waals surface area (Å²) in [4.78, 5) is 12.7. The summed E-state index contributed by atoms with van der Waals surface area (Å²) in [6.45, 7) is 1.22. The number of carboxylic acid groups (broad SMARTS) is 1. The Hall–Kier alpha value is -1.55. The van der Waals surface area contributed by atoms with Gasteiger partial charge in [0.2, 0.25) is 0 Å². The van der Waals surface area contributed by atoms with Crippen molar-refractivity contribution in [3.63, 3.8) is 0 Å². The average molecular weight is 303 g/mol. The number of hydrogen-bond acceptors (Lipinski definition) is 2. The van der Waals surface area contributed by atoms with Crippen LogP contribution in [0, 0.1) is 0 Å². The first-order valence-corrected chi connectivity index (χ1v) is 8.40. The van der Waals surface area contributed by atoms with Gasteiger partial charge in [-0.25, -0.2) is 4.79 Å². The molecule has 1 heterocycles. The van der Waals surface area contributed by atoms with E-state index < -0.39 is 6.09 Å². The molecule has 1 atom stereocenters. The molecule has 2 aliphatic rings. The van der Waals surface area contributed by atoms with E-state index in [-0.39, 0.29) is 6.04 Å². The number of likely N-dealkylation sites (tertiary alicyclic amines) is 1. The third kappa shape index (κ3) is 3.61. The predicted octanol–water partition coefficient (Wildman–Crippen LogP) is 3.87. The molecule has 1 aliphatic carbocycles. The largest absolute Gasteiger partial charge is 0.465 e. The van der Waals surface area contributed by atoms with Gasteiger partial charge in [0.05, 0.1) is 18.8 Å². The van der Waals surface area contributed by atoms with Crippen LogP contribution in [0.25, 0.3) is 0 Å². The summed E-state index contributed by atoms with van der Waals surface area (Å²) in [6.07, 6.45) is 5.89. The smallest absolute Gasteiger partial charge is 0.407 e. The van der Waals surface area contributed by atoms with E-state index in [0.29, 0.717) is 25.2 Å². The van der Waals surface area contributed by atoms with Crippen molar-refractivity contribution >= 4 is 6.09 Å². The number of rotatable bonds is 4. The summed E-state index contributed by atoms with van der Waals surface area (Å²) in [5, 5.41) is 9.15. The summed E-state index contributed by atoms with van der Waals surface area (Å²) in [5.74, 6) is 0.656. The van der Waals surface area contributed by atoms with Crippen LogP contribution in [0.3, 0.4) is 0 Å². The van der Waals surface area contributed by atoms with E-state index in [1.165, 1.54) is 23.3 Å². The Morgan fingerprint density at radius 2 is 1.86 bits per heavy atom. The van der Waals surface area contributed by atoms with Crippen LogP contribution in [0.2, 0.25) is 0 Å². The minimum Gasteiger partial charge on any atom is -0.465 e. The number of amides is 1. The summed E-state index contributed by atoms with van der Waals surface area (Å²) in [6, 6.07) is 10.8. The molecule has 22 heavy (non-hydrogen) atoms. The topological polar surface area (TPSA) is 49.8 Å². The Kier molecular flexibility index (Phi) is 4.98. The highest BCUT2D eigenvalue weighted by molar-refractivity contribution is 5.65. The normalized spacial score (nSPS) is 28.7. The van der Waals surface area contributed by atoms with Crippen LogP contribution in [0.15, 0.2) is 30.3 Å². The van der Waals surface area contributed by atoms with E-state index in [2.05, 4.69) is 30.3 Å². The molecule has 1 aliphatic heterocycles. The Morgan fingerprint density at radius 3 is 2.55 bits per heavy atom. The first-order chi connectivity index (χ1) is 10.7. The van der Waals surface area contributed by atoms with Crippen LogP contribution >= 0.6 is 0 Å². The molecule has 1 amide bonds. The summed E-state index contributed by atoms with van der Waals surface area (Å²) < 4.78 is 6.03. The minimum absolute atomic E-state index is 0.0596. The van der Waals surface area contributed by atoms with E-state index in [9.17, 15) is 4.79 Å². The van der Waals surface area contributed by atoms with Gasteiger partial charge in [-0.3, -0.25) is 0 Å². The first-order valence-electron chi connectivity index (χ1n) is 8.40. The molecule has 4 nitrogen and oxygen atoms in total. The number of carbonyl (C=O) groups is 1. The zero-order valence-corrected chi connectivity index (χ0v) is 13.0. The van der Waals surface area contributed by atoms with Crippen LogP contribution in [0.4, 0.5) is 4.79 Å². The molecular formula is C18H25NO3. The number of hydrogen-bond donors (Lipinski definition) is 1. The summed E-state index contributed by atoms with van der Waals surface area (Å²) in [5.41, 5.74) is 1.44. The van der Waals surface area contributed by atoms with Gasteiger partial charge in [-0.05, 0) is 50.0 Å². The Labute approximate surface area is 132 Å². The molecule has 3 rings (SSSR count). The van der Waals surface area contributed by atoms with Crippen molar-refractivity contribution in [3.8, 4) is 0 Å². The molecule has 1 saturated carbocycles. The molecular weight excluding hydrogens is 278 g/mol. The molecule has 1 N–H and O–H groups in total. The van der Waals surface area contributed by atoms with Crippen molar-refractivity contribution in [3.05, 3.63) is 35.9 Å². The third-order valence-electron chi connectivity index (χ3n) is 5.09. The quantitative estimate of drug-likeness (QED) is 0.918. The standard InChI is InChI=1S/C18H25NO3/c20-18(21)19-12-4-7-16(19)13-22-17-10-8-15(9-11-17)14-5-2-1-3-6-14/h1-3,5-6,15-17H,4,7-13H2,(H,20,21)/t15-,16?,17+. The van der Waals surface area contributed by atoms with Gasteiger partial charge in [0.15, 0.2) is 0 Å². The van der Waals surface area contributed by atoms with Crippen molar-refractivity contribution in [1.82, 2.24) is 4.90 Å². The lowest BCUT2D eigenvalue weighted by molar-refractivity contribution is -0.00103. The van der Waals surface area contributed by atoms with Crippen molar-refractivity contribution in [2.45, 2.75) is 56.6 Å². The molecule has 1 aromatic carbocycles. The van der Waals surface area contributed by atoms with Gasteiger partial charge in [0.1, 0.15) is 0 Å².